The molecule has 0 unspecified atom stereocenters. The molecule has 2 amide bonds. The van der Waals surface area contributed by atoms with Crippen LogP contribution in [0, 0.1) is 5.92 Å². The highest BCUT2D eigenvalue weighted by Crippen LogP contribution is 2.31. The van der Waals surface area contributed by atoms with Crippen molar-refractivity contribution in [3.8, 4) is 11.3 Å². The number of rotatable bonds is 7. The van der Waals surface area contributed by atoms with Gasteiger partial charge in [0.25, 0.3) is 11.1 Å². The van der Waals surface area contributed by atoms with E-state index < -0.39 is 23.0 Å². The van der Waals surface area contributed by atoms with Gasteiger partial charge in [0, 0.05) is 36.8 Å². The summed E-state index contributed by atoms with van der Waals surface area (Å²) in [7, 11) is 0. The first-order valence-corrected chi connectivity index (χ1v) is 13.6. The van der Waals surface area contributed by atoms with Crippen molar-refractivity contribution < 1.29 is 22.8 Å². The molecule has 5 heterocycles. The van der Waals surface area contributed by atoms with Crippen LogP contribution in [0.4, 0.5) is 23.9 Å². The van der Waals surface area contributed by atoms with Gasteiger partial charge in [-0.2, -0.15) is 24.5 Å². The highest BCUT2D eigenvalue weighted by molar-refractivity contribution is 8.18. The van der Waals surface area contributed by atoms with Crippen molar-refractivity contribution in [3.63, 3.8) is 0 Å². The Hall–Kier alpha value is -3.29. The predicted molar refractivity (Wildman–Crippen MR) is 140 cm³/mol. The summed E-state index contributed by atoms with van der Waals surface area (Å²) in [6, 6.07) is 6.25. The molecule has 38 heavy (non-hydrogen) atoms. The molecule has 2 aliphatic heterocycles. The fraction of sp³-hybridized carbons (Fsp3) is 0.320. The van der Waals surface area contributed by atoms with E-state index in [0.717, 1.165) is 43.8 Å². The van der Waals surface area contributed by atoms with Crippen LogP contribution in [0.3, 0.4) is 0 Å². The van der Waals surface area contributed by atoms with Crippen LogP contribution in [-0.4, -0.2) is 45.7 Å². The van der Waals surface area contributed by atoms with E-state index in [1.165, 1.54) is 11.3 Å². The zero-order chi connectivity index (χ0) is 26.7. The summed E-state index contributed by atoms with van der Waals surface area (Å²) in [4.78, 5) is 38.2. The lowest BCUT2D eigenvalue weighted by Crippen LogP contribution is -2.38. The third-order valence-electron chi connectivity index (χ3n) is 6.24. The Morgan fingerprint density at radius 2 is 1.97 bits per heavy atom. The number of piperidine rings is 1. The number of thiophene rings is 1. The van der Waals surface area contributed by atoms with E-state index in [4.69, 9.17) is 0 Å². The number of hydrogen-bond acceptors (Lipinski definition) is 9. The van der Waals surface area contributed by atoms with E-state index in [9.17, 15) is 22.8 Å². The van der Waals surface area contributed by atoms with E-state index in [2.05, 4.69) is 30.5 Å². The second-order valence-corrected chi connectivity index (χ2v) is 10.7. The molecule has 8 nitrogen and oxygen atoms in total. The second kappa shape index (κ2) is 11.2. The number of pyridine rings is 1. The van der Waals surface area contributed by atoms with Crippen LogP contribution < -0.4 is 15.5 Å². The van der Waals surface area contributed by atoms with Gasteiger partial charge in [-0.15, -0.1) is 0 Å². The summed E-state index contributed by atoms with van der Waals surface area (Å²) in [6.07, 6.45) is 0.427. The maximum absolute atomic E-state index is 13.4. The smallest absolute Gasteiger partial charge is 0.341 e. The lowest BCUT2D eigenvalue weighted by atomic mass is 9.97. The van der Waals surface area contributed by atoms with Crippen molar-refractivity contribution >= 4 is 46.3 Å². The van der Waals surface area contributed by atoms with Crippen molar-refractivity contribution in [1.29, 1.82) is 0 Å². The minimum Gasteiger partial charge on any atom is -0.341 e. The van der Waals surface area contributed by atoms with Crippen molar-refractivity contribution in [2.75, 3.05) is 24.5 Å². The number of halogens is 3. The predicted octanol–water partition coefficient (Wildman–Crippen LogP) is 4.95. The number of nitrogens with one attached hydrogen (secondary N) is 2. The van der Waals surface area contributed by atoms with Gasteiger partial charge in [-0.05, 0) is 78.4 Å². The minimum absolute atomic E-state index is 0.295. The molecule has 5 rings (SSSR count). The van der Waals surface area contributed by atoms with Crippen molar-refractivity contribution in [2.45, 2.75) is 25.6 Å². The molecule has 0 radical (unpaired) electrons. The molecular formula is C25H23F3N6O2S2. The van der Waals surface area contributed by atoms with Crippen LogP contribution in [0.5, 0.6) is 0 Å². The topological polar surface area (TPSA) is 100 Å². The number of anilines is 1. The number of aromatic nitrogens is 3. The van der Waals surface area contributed by atoms with Gasteiger partial charge >= 0.3 is 6.18 Å². The minimum atomic E-state index is -4.51. The first-order chi connectivity index (χ1) is 18.2. The fourth-order valence-corrected chi connectivity index (χ4v) is 5.62. The number of alkyl halides is 3. The number of carbonyl (C=O) groups is 2. The number of thioether (sulfide) groups is 1. The highest BCUT2D eigenvalue weighted by Gasteiger charge is 2.33. The van der Waals surface area contributed by atoms with Crippen LogP contribution in [0.25, 0.3) is 17.3 Å². The molecule has 2 aliphatic rings. The number of nitrogens with zero attached hydrogens (tertiary/aromatic N) is 4. The van der Waals surface area contributed by atoms with Gasteiger partial charge in [0.1, 0.15) is 5.69 Å². The highest BCUT2D eigenvalue weighted by atomic mass is 32.2. The lowest BCUT2D eigenvalue weighted by molar-refractivity contribution is -0.141. The van der Waals surface area contributed by atoms with E-state index in [-0.39, 0.29) is 0 Å². The lowest BCUT2D eigenvalue weighted by Gasteiger charge is -2.32. The summed E-state index contributed by atoms with van der Waals surface area (Å²) in [5, 5.41) is 8.73. The zero-order valence-electron chi connectivity index (χ0n) is 20.0. The van der Waals surface area contributed by atoms with E-state index >= 15 is 0 Å². The number of carbonyl (C=O) groups excluding carboxylic acids is 2. The Labute approximate surface area is 224 Å². The van der Waals surface area contributed by atoms with Crippen LogP contribution in [-0.2, 0) is 17.5 Å². The van der Waals surface area contributed by atoms with Crippen LogP contribution in [0.1, 0.15) is 29.8 Å². The Balaban J connectivity index is 1.16. The first-order valence-electron chi connectivity index (χ1n) is 11.9. The molecular weight excluding hydrogens is 537 g/mol. The van der Waals surface area contributed by atoms with E-state index in [1.54, 1.807) is 35.9 Å². The molecule has 0 saturated carbocycles. The summed E-state index contributed by atoms with van der Waals surface area (Å²) in [5.41, 5.74) is 1.20. The van der Waals surface area contributed by atoms with Crippen molar-refractivity contribution in [3.05, 3.63) is 63.1 Å². The maximum Gasteiger partial charge on any atom is 0.433 e. The van der Waals surface area contributed by atoms with E-state index in [1.807, 2.05) is 5.38 Å². The molecule has 13 heteroatoms. The molecule has 198 valence electrons. The standard InChI is InChI=1S/C25H23F3N6O2S2/c26-25(27,28)21-10-16(9-19(32-21)17-4-8-37-14-17)13-29-12-15-2-6-34(7-3-15)23-30-5-1-18(31-23)11-20-22(35)33-24(36)38-20/h1,4-5,8-11,14-15,29H,2-3,6-7,12-13H2,(H,33,35,36)/b20-11+. The van der Waals surface area contributed by atoms with Gasteiger partial charge in [0.2, 0.25) is 5.95 Å². The normalized spacial score (nSPS) is 17.9. The van der Waals surface area contributed by atoms with Gasteiger partial charge in [-0.3, -0.25) is 14.9 Å². The van der Waals surface area contributed by atoms with Crippen LogP contribution in [0.15, 0.2) is 46.1 Å². The van der Waals surface area contributed by atoms with E-state index in [0.29, 0.717) is 52.4 Å². The summed E-state index contributed by atoms with van der Waals surface area (Å²) in [6.45, 7) is 2.46. The molecule has 2 saturated heterocycles. The first kappa shape index (κ1) is 26.3. The van der Waals surface area contributed by atoms with Crippen LogP contribution >= 0.6 is 23.1 Å². The molecule has 0 aromatic carbocycles. The largest absolute Gasteiger partial charge is 0.433 e. The Bertz CT molecular complexity index is 1360. The van der Waals surface area contributed by atoms with Gasteiger partial charge in [-0.1, -0.05) is 0 Å². The molecule has 0 atom stereocenters. The average Bonchev–Trinajstić information content (AvgIpc) is 3.54. The average molecular weight is 561 g/mol. The van der Waals surface area contributed by atoms with Gasteiger partial charge in [0.15, 0.2) is 0 Å². The fourth-order valence-electron chi connectivity index (χ4n) is 4.30. The summed E-state index contributed by atoms with van der Waals surface area (Å²) >= 11 is 2.25. The number of hydrogen-bond donors (Lipinski definition) is 2. The monoisotopic (exact) mass is 560 g/mol. The number of amides is 2. The molecule has 0 bridgehead atoms. The zero-order valence-corrected chi connectivity index (χ0v) is 21.6. The third kappa shape index (κ3) is 6.40. The molecule has 2 N–H and O–H groups in total. The van der Waals surface area contributed by atoms with Gasteiger partial charge in [0.05, 0.1) is 16.3 Å². The maximum atomic E-state index is 13.4. The molecule has 2 fully saturated rings. The quantitative estimate of drug-likeness (QED) is 0.392. The Morgan fingerprint density at radius 3 is 2.66 bits per heavy atom. The Morgan fingerprint density at radius 1 is 1.16 bits per heavy atom. The molecule has 3 aromatic heterocycles. The van der Waals surface area contributed by atoms with Gasteiger partial charge in [-0.25, -0.2) is 15.0 Å². The van der Waals surface area contributed by atoms with Gasteiger partial charge < -0.3 is 10.2 Å². The molecule has 0 spiro atoms. The van der Waals surface area contributed by atoms with Crippen molar-refractivity contribution in [2.24, 2.45) is 5.92 Å². The molecule has 0 aliphatic carbocycles. The Kier molecular flexibility index (Phi) is 7.77. The SMILES string of the molecule is O=C1NC(=O)/C(=C\c2ccnc(N3CCC(CNCc4cc(-c5ccsc5)nc(C(F)(F)F)c4)CC3)n2)S1. The third-order valence-corrected chi connectivity index (χ3v) is 7.73. The molecule has 3 aromatic rings. The summed E-state index contributed by atoms with van der Waals surface area (Å²) < 4.78 is 40.2. The number of imide groups is 1. The second-order valence-electron chi connectivity index (χ2n) is 8.95. The summed E-state index contributed by atoms with van der Waals surface area (Å²) in [5.74, 6) is 0.483. The van der Waals surface area contributed by atoms with Crippen molar-refractivity contribution in [1.82, 2.24) is 25.6 Å². The van der Waals surface area contributed by atoms with Crippen LogP contribution in [0.2, 0.25) is 0 Å².